The summed E-state index contributed by atoms with van der Waals surface area (Å²) in [6.45, 7) is 3.04. The van der Waals surface area contributed by atoms with E-state index >= 15 is 0 Å². The van der Waals surface area contributed by atoms with Crippen molar-refractivity contribution in [1.29, 1.82) is 0 Å². The predicted octanol–water partition coefficient (Wildman–Crippen LogP) is 4.09. The fourth-order valence-electron chi connectivity index (χ4n) is 3.46. The van der Waals surface area contributed by atoms with Crippen molar-refractivity contribution in [2.24, 2.45) is 0 Å². The molecule has 0 spiro atoms. The Labute approximate surface area is 158 Å². The highest BCUT2D eigenvalue weighted by atomic mass is 35.5. The Morgan fingerprint density at radius 1 is 1.12 bits per heavy atom. The number of hydrogen-bond donors (Lipinski definition) is 1. The van der Waals surface area contributed by atoms with E-state index in [1.54, 1.807) is 28.6 Å². The van der Waals surface area contributed by atoms with Crippen LogP contribution in [0, 0.1) is 6.92 Å². The van der Waals surface area contributed by atoms with Gasteiger partial charge in [0.05, 0.1) is 15.9 Å². The Hall–Kier alpha value is -1.89. The summed E-state index contributed by atoms with van der Waals surface area (Å²) in [7, 11) is -3.47. The third kappa shape index (κ3) is 3.24. The Morgan fingerprint density at radius 2 is 1.81 bits per heavy atom. The van der Waals surface area contributed by atoms with E-state index in [4.69, 9.17) is 16.6 Å². The van der Waals surface area contributed by atoms with Gasteiger partial charge in [0.25, 0.3) is 0 Å². The normalized spacial score (nSPS) is 17.0. The van der Waals surface area contributed by atoms with E-state index in [0.717, 1.165) is 29.7 Å². The molecule has 1 aliphatic rings. The number of sulfonamides is 1. The minimum absolute atomic E-state index is 0.249. The van der Waals surface area contributed by atoms with Crippen molar-refractivity contribution in [2.45, 2.75) is 30.6 Å². The number of fused-ring (bicyclic) bond motifs is 1. The minimum Gasteiger partial charge on any atom is -0.342 e. The van der Waals surface area contributed by atoms with Crippen LogP contribution in [0.2, 0.25) is 5.02 Å². The molecular formula is C19H20ClN3O2S. The Kier molecular flexibility index (Phi) is 4.50. The second kappa shape index (κ2) is 6.68. The van der Waals surface area contributed by atoms with Crippen LogP contribution in [0.5, 0.6) is 0 Å². The van der Waals surface area contributed by atoms with Crippen molar-refractivity contribution in [3.63, 3.8) is 0 Å². The summed E-state index contributed by atoms with van der Waals surface area (Å²) >= 11 is 5.86. The molecule has 5 nitrogen and oxygen atoms in total. The van der Waals surface area contributed by atoms with Crippen LogP contribution in [0.25, 0.3) is 11.0 Å². The zero-order valence-electron chi connectivity index (χ0n) is 14.4. The molecule has 0 saturated carbocycles. The minimum atomic E-state index is -3.47. The molecule has 3 aromatic rings. The number of aryl methyl sites for hydroxylation is 1. The molecule has 0 aliphatic carbocycles. The number of rotatable bonds is 3. The second-order valence-corrected chi connectivity index (χ2v) is 9.15. The molecule has 0 amide bonds. The number of halogens is 1. The first kappa shape index (κ1) is 17.5. The highest BCUT2D eigenvalue weighted by Crippen LogP contribution is 2.30. The molecule has 26 heavy (non-hydrogen) atoms. The quantitative estimate of drug-likeness (QED) is 0.733. The van der Waals surface area contributed by atoms with Gasteiger partial charge in [-0.25, -0.2) is 13.4 Å². The predicted molar refractivity (Wildman–Crippen MR) is 103 cm³/mol. The van der Waals surface area contributed by atoms with E-state index in [1.165, 1.54) is 5.56 Å². The van der Waals surface area contributed by atoms with Gasteiger partial charge in [0.15, 0.2) is 0 Å². The molecule has 4 rings (SSSR count). The SMILES string of the molecule is Cc1ccc2nc(C3CCN(S(=O)(=O)c4ccc(Cl)cc4)CC3)[nH]c2c1. The molecule has 136 valence electrons. The topological polar surface area (TPSA) is 66.1 Å². The maximum atomic E-state index is 12.8. The molecule has 1 aromatic heterocycles. The molecule has 2 heterocycles. The lowest BCUT2D eigenvalue weighted by Gasteiger charge is -2.30. The van der Waals surface area contributed by atoms with Gasteiger partial charge < -0.3 is 4.98 Å². The maximum absolute atomic E-state index is 12.8. The number of H-pyrrole nitrogens is 1. The summed E-state index contributed by atoms with van der Waals surface area (Å²) in [5.41, 5.74) is 3.19. The summed E-state index contributed by atoms with van der Waals surface area (Å²) in [5.74, 6) is 1.20. The summed E-state index contributed by atoms with van der Waals surface area (Å²) < 4.78 is 27.1. The van der Waals surface area contributed by atoms with Gasteiger partial charge in [-0.3, -0.25) is 0 Å². The summed E-state index contributed by atoms with van der Waals surface area (Å²) in [6.07, 6.45) is 1.51. The Morgan fingerprint density at radius 3 is 2.50 bits per heavy atom. The molecule has 7 heteroatoms. The van der Waals surface area contributed by atoms with Crippen molar-refractivity contribution >= 4 is 32.7 Å². The van der Waals surface area contributed by atoms with Crippen molar-refractivity contribution < 1.29 is 8.42 Å². The summed E-state index contributed by atoms with van der Waals surface area (Å²) in [6, 6.07) is 12.5. The number of piperidine rings is 1. The van der Waals surface area contributed by atoms with Gasteiger partial charge in [0, 0.05) is 24.0 Å². The molecular weight excluding hydrogens is 370 g/mol. The van der Waals surface area contributed by atoms with Crippen molar-refractivity contribution in [2.75, 3.05) is 13.1 Å². The van der Waals surface area contributed by atoms with Crippen molar-refractivity contribution in [3.8, 4) is 0 Å². The number of imidazole rings is 1. The van der Waals surface area contributed by atoms with E-state index < -0.39 is 10.0 Å². The van der Waals surface area contributed by atoms with Crippen LogP contribution in [0.4, 0.5) is 0 Å². The van der Waals surface area contributed by atoms with E-state index in [2.05, 4.69) is 18.0 Å². The molecule has 2 aromatic carbocycles. The Balaban J connectivity index is 1.50. The molecule has 0 unspecified atom stereocenters. The van der Waals surface area contributed by atoms with Gasteiger partial charge in [-0.2, -0.15) is 4.31 Å². The average molecular weight is 390 g/mol. The van der Waals surface area contributed by atoms with Gasteiger partial charge >= 0.3 is 0 Å². The number of nitrogens with zero attached hydrogens (tertiary/aromatic N) is 2. The van der Waals surface area contributed by atoms with E-state index in [-0.39, 0.29) is 5.92 Å². The van der Waals surface area contributed by atoms with Gasteiger partial charge in [-0.15, -0.1) is 0 Å². The average Bonchev–Trinajstić information content (AvgIpc) is 3.05. The molecule has 0 atom stereocenters. The second-order valence-electron chi connectivity index (χ2n) is 6.77. The van der Waals surface area contributed by atoms with Crippen molar-refractivity contribution in [1.82, 2.24) is 14.3 Å². The zero-order valence-corrected chi connectivity index (χ0v) is 16.0. The number of hydrogen-bond acceptors (Lipinski definition) is 3. The standard InChI is InChI=1S/C19H20ClN3O2S/c1-13-2-7-17-18(12-13)22-19(21-17)14-8-10-23(11-9-14)26(24,25)16-5-3-15(20)4-6-16/h2-7,12,14H,8-11H2,1H3,(H,21,22). The van der Waals surface area contributed by atoms with Crippen LogP contribution < -0.4 is 0 Å². The summed E-state index contributed by atoms with van der Waals surface area (Å²) in [5, 5.41) is 0.530. The van der Waals surface area contributed by atoms with E-state index in [1.807, 2.05) is 12.1 Å². The van der Waals surface area contributed by atoms with Crippen LogP contribution in [-0.4, -0.2) is 35.8 Å². The van der Waals surface area contributed by atoms with Crippen LogP contribution in [0.1, 0.15) is 30.1 Å². The zero-order chi connectivity index (χ0) is 18.3. The number of aromatic nitrogens is 2. The smallest absolute Gasteiger partial charge is 0.243 e. The van der Waals surface area contributed by atoms with Gasteiger partial charge in [-0.05, 0) is 61.7 Å². The van der Waals surface area contributed by atoms with Crippen LogP contribution >= 0.6 is 11.6 Å². The van der Waals surface area contributed by atoms with Crippen LogP contribution in [0.15, 0.2) is 47.4 Å². The van der Waals surface area contributed by atoms with Gasteiger partial charge in [-0.1, -0.05) is 17.7 Å². The highest BCUT2D eigenvalue weighted by Gasteiger charge is 2.31. The maximum Gasteiger partial charge on any atom is 0.243 e. The lowest BCUT2D eigenvalue weighted by molar-refractivity contribution is 0.314. The molecule has 0 bridgehead atoms. The van der Waals surface area contributed by atoms with Gasteiger partial charge in [0.1, 0.15) is 5.82 Å². The molecule has 1 fully saturated rings. The molecule has 1 aliphatic heterocycles. The molecule has 0 radical (unpaired) electrons. The van der Waals surface area contributed by atoms with E-state index in [9.17, 15) is 8.42 Å². The molecule has 1 saturated heterocycles. The lowest BCUT2D eigenvalue weighted by Crippen LogP contribution is -2.38. The first-order valence-corrected chi connectivity index (χ1v) is 10.5. The Bertz CT molecular complexity index is 1040. The van der Waals surface area contributed by atoms with Crippen LogP contribution in [0.3, 0.4) is 0 Å². The highest BCUT2D eigenvalue weighted by molar-refractivity contribution is 7.89. The number of nitrogens with one attached hydrogen (secondary N) is 1. The number of benzene rings is 2. The fourth-order valence-corrected chi connectivity index (χ4v) is 5.06. The fraction of sp³-hybridized carbons (Fsp3) is 0.316. The van der Waals surface area contributed by atoms with E-state index in [0.29, 0.717) is 23.0 Å². The largest absolute Gasteiger partial charge is 0.342 e. The first-order chi connectivity index (χ1) is 12.4. The van der Waals surface area contributed by atoms with Crippen molar-refractivity contribution in [3.05, 3.63) is 58.9 Å². The third-order valence-corrected chi connectivity index (χ3v) is 7.11. The lowest BCUT2D eigenvalue weighted by atomic mass is 9.97. The number of aromatic amines is 1. The van der Waals surface area contributed by atoms with Crippen LogP contribution in [-0.2, 0) is 10.0 Å². The third-order valence-electron chi connectivity index (χ3n) is 4.95. The first-order valence-electron chi connectivity index (χ1n) is 8.65. The monoisotopic (exact) mass is 389 g/mol. The molecule has 1 N–H and O–H groups in total. The van der Waals surface area contributed by atoms with Gasteiger partial charge in [0.2, 0.25) is 10.0 Å². The summed E-state index contributed by atoms with van der Waals surface area (Å²) in [4.78, 5) is 8.39.